The first-order valence-electron chi connectivity index (χ1n) is 10.7. The fourth-order valence-corrected chi connectivity index (χ4v) is 6.31. The second-order valence-corrected chi connectivity index (χ2v) is 9.79. The molecular weight excluding hydrogens is 384 g/mol. The van der Waals surface area contributed by atoms with Crippen molar-refractivity contribution in [3.05, 3.63) is 16.8 Å². The van der Waals surface area contributed by atoms with E-state index in [1.165, 1.54) is 83.1 Å². The van der Waals surface area contributed by atoms with Crippen LogP contribution in [0.4, 0.5) is 5.82 Å². The molecule has 0 aromatic carbocycles. The van der Waals surface area contributed by atoms with Gasteiger partial charge in [0.25, 0.3) is 0 Å². The number of thiophene rings is 1. The van der Waals surface area contributed by atoms with E-state index in [0.717, 1.165) is 36.0 Å². The van der Waals surface area contributed by atoms with Gasteiger partial charge in [-0.2, -0.15) is 0 Å². The molecule has 0 radical (unpaired) electrons. The van der Waals surface area contributed by atoms with Gasteiger partial charge in [0.15, 0.2) is 11.0 Å². The molecule has 0 N–H and O–H groups in total. The van der Waals surface area contributed by atoms with Gasteiger partial charge < -0.3 is 4.90 Å². The van der Waals surface area contributed by atoms with Gasteiger partial charge in [0.05, 0.1) is 10.2 Å². The predicted molar refractivity (Wildman–Crippen MR) is 121 cm³/mol. The zero-order valence-electron chi connectivity index (χ0n) is 16.9. The third-order valence-electron chi connectivity index (χ3n) is 6.19. The van der Waals surface area contributed by atoms with Crippen LogP contribution in [0, 0.1) is 0 Å². The van der Waals surface area contributed by atoms with Crippen LogP contribution in [0.1, 0.15) is 62.3 Å². The lowest BCUT2D eigenvalue weighted by Crippen LogP contribution is -2.30. The summed E-state index contributed by atoms with van der Waals surface area (Å²) in [7, 11) is 0. The van der Waals surface area contributed by atoms with Crippen LogP contribution in [0.2, 0.25) is 0 Å². The highest BCUT2D eigenvalue weighted by Crippen LogP contribution is 2.43. The predicted octanol–water partition coefficient (Wildman–Crippen LogP) is 5.78. The summed E-state index contributed by atoms with van der Waals surface area (Å²) in [6.45, 7) is 4.49. The summed E-state index contributed by atoms with van der Waals surface area (Å²) in [6.07, 6.45) is 13.1. The van der Waals surface area contributed by atoms with Crippen LogP contribution < -0.4 is 4.90 Å². The zero-order valence-corrected chi connectivity index (χ0v) is 18.5. The number of hydrogen-bond donors (Lipinski definition) is 0. The number of unbranched alkanes of at least 4 members (excludes halogenated alkanes) is 1. The fourth-order valence-electron chi connectivity index (χ4n) is 4.77. The highest BCUT2D eigenvalue weighted by molar-refractivity contribution is 7.98. The highest BCUT2D eigenvalue weighted by atomic mass is 32.2. The number of rotatable bonds is 5. The zero-order chi connectivity index (χ0) is 19.1. The topological polar surface area (TPSA) is 41.9 Å². The van der Waals surface area contributed by atoms with E-state index < -0.39 is 0 Å². The molecule has 28 heavy (non-hydrogen) atoms. The standard InChI is InChI=1S/C22H28N4S2/c1-3-4-11-16-14-9-8-10-15(14)17-18-19(28-21(17)23-16)20(25-22(24-18)27-2)26-12-6-5-7-13-26/h3-13H2,1-2H3. The van der Waals surface area contributed by atoms with Crippen molar-refractivity contribution in [2.45, 2.75) is 69.9 Å². The van der Waals surface area contributed by atoms with E-state index in [9.17, 15) is 0 Å². The summed E-state index contributed by atoms with van der Waals surface area (Å²) in [5, 5.41) is 2.23. The fraction of sp³-hybridized carbons (Fsp3) is 0.591. The van der Waals surface area contributed by atoms with Crippen molar-refractivity contribution >= 4 is 49.3 Å². The van der Waals surface area contributed by atoms with Crippen molar-refractivity contribution in [2.24, 2.45) is 0 Å². The molecule has 3 aromatic heterocycles. The van der Waals surface area contributed by atoms with Gasteiger partial charge in [-0.1, -0.05) is 25.1 Å². The molecule has 1 fully saturated rings. The van der Waals surface area contributed by atoms with Gasteiger partial charge in [0.2, 0.25) is 0 Å². The van der Waals surface area contributed by atoms with E-state index in [4.69, 9.17) is 15.0 Å². The van der Waals surface area contributed by atoms with E-state index in [0.29, 0.717) is 0 Å². The normalized spacial score (nSPS) is 17.0. The van der Waals surface area contributed by atoms with E-state index in [1.54, 1.807) is 11.8 Å². The average molecular weight is 413 g/mol. The number of aromatic nitrogens is 3. The minimum Gasteiger partial charge on any atom is -0.355 e. The van der Waals surface area contributed by atoms with E-state index in [2.05, 4.69) is 18.1 Å². The number of piperidine rings is 1. The number of thioether (sulfide) groups is 1. The summed E-state index contributed by atoms with van der Waals surface area (Å²) in [6, 6.07) is 0. The molecule has 148 valence electrons. The highest BCUT2D eigenvalue weighted by Gasteiger charge is 2.26. The quantitative estimate of drug-likeness (QED) is 0.392. The molecule has 1 aliphatic carbocycles. The number of fused-ring (bicyclic) bond motifs is 5. The van der Waals surface area contributed by atoms with Crippen LogP contribution in [0.25, 0.3) is 20.4 Å². The van der Waals surface area contributed by atoms with Crippen LogP contribution >= 0.6 is 23.1 Å². The van der Waals surface area contributed by atoms with Crippen molar-refractivity contribution in [1.82, 2.24) is 15.0 Å². The molecule has 1 saturated heterocycles. The third kappa shape index (κ3) is 3.09. The molecule has 0 bridgehead atoms. The molecular formula is C22H28N4S2. The van der Waals surface area contributed by atoms with Crippen molar-refractivity contribution in [3.63, 3.8) is 0 Å². The van der Waals surface area contributed by atoms with Gasteiger partial charge >= 0.3 is 0 Å². The van der Waals surface area contributed by atoms with Crippen LogP contribution in [-0.4, -0.2) is 34.3 Å². The molecule has 5 rings (SSSR count). The molecule has 4 heterocycles. The molecule has 0 amide bonds. The van der Waals surface area contributed by atoms with Crippen molar-refractivity contribution in [3.8, 4) is 0 Å². The third-order valence-corrected chi connectivity index (χ3v) is 7.80. The van der Waals surface area contributed by atoms with Crippen LogP contribution in [0.15, 0.2) is 5.16 Å². The molecule has 0 atom stereocenters. The van der Waals surface area contributed by atoms with Crippen molar-refractivity contribution in [2.75, 3.05) is 24.2 Å². The Hall–Kier alpha value is -1.40. The Morgan fingerprint density at radius 1 is 1.00 bits per heavy atom. The summed E-state index contributed by atoms with van der Waals surface area (Å²) in [4.78, 5) is 18.8. The number of aryl methyl sites for hydroxylation is 2. The second-order valence-electron chi connectivity index (χ2n) is 8.01. The maximum atomic E-state index is 5.19. The smallest absolute Gasteiger partial charge is 0.189 e. The Morgan fingerprint density at radius 3 is 2.61 bits per heavy atom. The molecule has 0 spiro atoms. The first kappa shape index (κ1) is 18.6. The number of hydrogen-bond acceptors (Lipinski definition) is 6. The Morgan fingerprint density at radius 2 is 1.82 bits per heavy atom. The van der Waals surface area contributed by atoms with Gasteiger partial charge in [-0.15, -0.1) is 11.3 Å². The molecule has 6 heteroatoms. The maximum absolute atomic E-state index is 5.19. The molecule has 0 saturated carbocycles. The molecule has 0 unspecified atom stereocenters. The van der Waals surface area contributed by atoms with Gasteiger partial charge in [-0.25, -0.2) is 15.0 Å². The molecule has 1 aliphatic heterocycles. The number of nitrogens with zero attached hydrogens (tertiary/aromatic N) is 4. The van der Waals surface area contributed by atoms with Crippen molar-refractivity contribution in [1.29, 1.82) is 0 Å². The largest absolute Gasteiger partial charge is 0.355 e. The Balaban J connectivity index is 1.75. The molecule has 3 aromatic rings. The van der Waals surface area contributed by atoms with Gasteiger partial charge in [-0.3, -0.25) is 0 Å². The Kier molecular flexibility index (Phi) is 5.18. The van der Waals surface area contributed by atoms with Crippen molar-refractivity contribution < 1.29 is 0 Å². The van der Waals surface area contributed by atoms with E-state index in [1.807, 2.05) is 11.3 Å². The summed E-state index contributed by atoms with van der Waals surface area (Å²) in [5.41, 5.74) is 5.58. The Labute approximate surface area is 175 Å². The lowest BCUT2D eigenvalue weighted by atomic mass is 10.0. The van der Waals surface area contributed by atoms with Crippen LogP contribution in [0.3, 0.4) is 0 Å². The summed E-state index contributed by atoms with van der Waals surface area (Å²) >= 11 is 3.48. The lowest BCUT2D eigenvalue weighted by molar-refractivity contribution is 0.573. The number of anilines is 1. The van der Waals surface area contributed by atoms with Gasteiger partial charge in [-0.05, 0) is 68.7 Å². The first-order valence-corrected chi connectivity index (χ1v) is 12.8. The molecule has 2 aliphatic rings. The monoisotopic (exact) mass is 412 g/mol. The summed E-state index contributed by atoms with van der Waals surface area (Å²) in [5.74, 6) is 1.15. The average Bonchev–Trinajstić information content (AvgIpc) is 3.36. The van der Waals surface area contributed by atoms with Crippen LogP contribution in [0.5, 0.6) is 0 Å². The molecule has 4 nitrogen and oxygen atoms in total. The Bertz CT molecular complexity index is 1020. The first-order chi connectivity index (χ1) is 13.8. The van der Waals surface area contributed by atoms with Gasteiger partial charge in [0.1, 0.15) is 4.83 Å². The maximum Gasteiger partial charge on any atom is 0.189 e. The minimum atomic E-state index is 0.898. The lowest BCUT2D eigenvalue weighted by Gasteiger charge is -2.28. The van der Waals surface area contributed by atoms with Crippen LogP contribution in [-0.2, 0) is 19.3 Å². The number of pyridine rings is 1. The SMILES string of the molecule is CCCCc1nc2sc3c(N4CCCCC4)nc(SC)nc3c2c2c1CCC2. The van der Waals surface area contributed by atoms with E-state index in [-0.39, 0.29) is 0 Å². The second kappa shape index (κ2) is 7.79. The minimum absolute atomic E-state index is 0.898. The van der Waals surface area contributed by atoms with E-state index >= 15 is 0 Å². The van der Waals surface area contributed by atoms with Gasteiger partial charge in [0, 0.05) is 24.2 Å². The summed E-state index contributed by atoms with van der Waals surface area (Å²) < 4.78 is 1.25.